The van der Waals surface area contributed by atoms with Gasteiger partial charge in [0, 0.05) is 32.3 Å². The first-order chi connectivity index (χ1) is 7.88. The normalized spacial score (nSPS) is 22.6. The van der Waals surface area contributed by atoms with Gasteiger partial charge in [-0.15, -0.1) is 0 Å². The van der Waals surface area contributed by atoms with Crippen molar-refractivity contribution < 1.29 is 13.2 Å². The molecule has 1 heterocycles. The zero-order chi connectivity index (χ0) is 13.1. The van der Waals surface area contributed by atoms with Crippen LogP contribution >= 0.6 is 0 Å². The molecule has 2 N–H and O–H groups in total. The summed E-state index contributed by atoms with van der Waals surface area (Å²) >= 11 is 0. The number of rotatable bonds is 5. The highest BCUT2D eigenvalue weighted by Crippen LogP contribution is 2.26. The van der Waals surface area contributed by atoms with Gasteiger partial charge < -0.3 is 10.5 Å². The van der Waals surface area contributed by atoms with E-state index >= 15 is 0 Å². The van der Waals surface area contributed by atoms with Crippen LogP contribution in [0.25, 0.3) is 0 Å². The molecule has 1 unspecified atom stereocenters. The van der Waals surface area contributed by atoms with Gasteiger partial charge in [-0.2, -0.15) is 4.31 Å². The van der Waals surface area contributed by atoms with E-state index in [1.165, 1.54) is 4.31 Å². The molecule has 6 heteroatoms. The molecule has 0 aromatic carbocycles. The first kappa shape index (κ1) is 14.9. The lowest BCUT2D eigenvalue weighted by molar-refractivity contribution is 0.0961. The summed E-state index contributed by atoms with van der Waals surface area (Å²) in [6.45, 7) is 5.25. The van der Waals surface area contributed by atoms with Crippen molar-refractivity contribution in [3.63, 3.8) is 0 Å². The SMILES string of the molecule is CCC(C)(CN)N(C)S(=O)(=O)C1CCOCC1. The van der Waals surface area contributed by atoms with Crippen LogP contribution in [-0.4, -0.2) is 50.3 Å². The summed E-state index contributed by atoms with van der Waals surface area (Å²) in [5, 5.41) is -0.321. The van der Waals surface area contributed by atoms with Crippen LogP contribution in [0.15, 0.2) is 0 Å². The molecule has 0 aromatic rings. The minimum Gasteiger partial charge on any atom is -0.381 e. The third kappa shape index (κ3) is 2.99. The zero-order valence-corrected chi connectivity index (χ0v) is 11.8. The first-order valence-electron chi connectivity index (χ1n) is 6.14. The summed E-state index contributed by atoms with van der Waals surface area (Å²) in [6, 6.07) is 0. The predicted octanol–water partition coefficient (Wildman–Crippen LogP) is 0.554. The van der Waals surface area contributed by atoms with Crippen molar-refractivity contribution in [3.8, 4) is 0 Å². The fourth-order valence-corrected chi connectivity index (χ4v) is 4.05. The fraction of sp³-hybridized carbons (Fsp3) is 1.00. The molecule has 0 amide bonds. The van der Waals surface area contributed by atoms with Crippen molar-refractivity contribution in [2.45, 2.75) is 43.9 Å². The van der Waals surface area contributed by atoms with Gasteiger partial charge in [-0.25, -0.2) is 8.42 Å². The molecule has 1 saturated heterocycles. The molecule has 1 atom stereocenters. The largest absolute Gasteiger partial charge is 0.381 e. The Morgan fingerprint density at radius 1 is 1.41 bits per heavy atom. The summed E-state index contributed by atoms with van der Waals surface area (Å²) in [5.41, 5.74) is 5.22. The number of hydrogen-bond donors (Lipinski definition) is 1. The highest BCUT2D eigenvalue weighted by atomic mass is 32.2. The second-order valence-electron chi connectivity index (χ2n) is 4.88. The van der Waals surface area contributed by atoms with Crippen molar-refractivity contribution in [1.82, 2.24) is 4.31 Å². The summed E-state index contributed by atoms with van der Waals surface area (Å²) in [7, 11) is -1.63. The standard InChI is InChI=1S/C11H24N2O3S/c1-4-11(2,9-12)13(3)17(14,15)10-5-7-16-8-6-10/h10H,4-9,12H2,1-3H3. The van der Waals surface area contributed by atoms with Crippen molar-refractivity contribution in [3.05, 3.63) is 0 Å². The average Bonchev–Trinajstić information content (AvgIpc) is 2.38. The summed E-state index contributed by atoms with van der Waals surface area (Å²) < 4.78 is 31.6. The molecule has 102 valence electrons. The monoisotopic (exact) mass is 264 g/mol. The molecular formula is C11H24N2O3S. The molecule has 0 spiro atoms. The third-order valence-electron chi connectivity index (χ3n) is 3.93. The number of nitrogens with two attached hydrogens (primary N) is 1. The van der Waals surface area contributed by atoms with Crippen LogP contribution in [0.1, 0.15) is 33.1 Å². The Balaban J connectivity index is 2.88. The van der Waals surface area contributed by atoms with Crippen molar-refractivity contribution >= 4 is 10.0 Å². The Hall–Kier alpha value is -0.170. The van der Waals surface area contributed by atoms with Crippen LogP contribution in [0.5, 0.6) is 0 Å². The highest BCUT2D eigenvalue weighted by Gasteiger charge is 2.39. The van der Waals surface area contributed by atoms with Crippen LogP contribution in [0.2, 0.25) is 0 Å². The minimum absolute atomic E-state index is 0.321. The Labute approximate surface area is 104 Å². The fourth-order valence-electron chi connectivity index (χ4n) is 2.00. The number of hydrogen-bond acceptors (Lipinski definition) is 4. The number of likely N-dealkylation sites (N-methyl/N-ethyl adjacent to an activating group) is 1. The Morgan fingerprint density at radius 3 is 2.35 bits per heavy atom. The van der Waals surface area contributed by atoms with Crippen LogP contribution in [0.3, 0.4) is 0 Å². The van der Waals surface area contributed by atoms with Crippen LogP contribution < -0.4 is 5.73 Å². The van der Waals surface area contributed by atoms with Crippen LogP contribution in [0.4, 0.5) is 0 Å². The Morgan fingerprint density at radius 2 is 1.94 bits per heavy atom. The van der Waals surface area contributed by atoms with Crippen LogP contribution in [0, 0.1) is 0 Å². The van der Waals surface area contributed by atoms with E-state index in [1.54, 1.807) is 7.05 Å². The van der Waals surface area contributed by atoms with Gasteiger partial charge in [0.1, 0.15) is 0 Å². The van der Waals surface area contributed by atoms with E-state index in [4.69, 9.17) is 10.5 Å². The van der Waals surface area contributed by atoms with E-state index in [1.807, 2.05) is 13.8 Å². The molecule has 0 aromatic heterocycles. The van der Waals surface area contributed by atoms with Gasteiger partial charge in [-0.3, -0.25) is 0 Å². The molecule has 0 bridgehead atoms. The lowest BCUT2D eigenvalue weighted by atomic mass is 10.00. The van der Waals surface area contributed by atoms with Crippen molar-refractivity contribution in [1.29, 1.82) is 0 Å². The number of nitrogens with zero attached hydrogens (tertiary/aromatic N) is 1. The number of sulfonamides is 1. The minimum atomic E-state index is -3.27. The smallest absolute Gasteiger partial charge is 0.217 e. The van der Waals surface area contributed by atoms with Crippen molar-refractivity contribution in [2.24, 2.45) is 5.73 Å². The Bertz CT molecular complexity index is 333. The van der Waals surface area contributed by atoms with Gasteiger partial charge in [0.2, 0.25) is 10.0 Å². The third-order valence-corrected chi connectivity index (χ3v) is 6.45. The van der Waals surface area contributed by atoms with Gasteiger partial charge in [-0.05, 0) is 26.2 Å². The molecule has 0 saturated carbocycles. The summed E-state index contributed by atoms with van der Waals surface area (Å²) in [4.78, 5) is 0. The zero-order valence-electron chi connectivity index (χ0n) is 11.0. The van der Waals surface area contributed by atoms with E-state index in [2.05, 4.69) is 0 Å². The van der Waals surface area contributed by atoms with E-state index < -0.39 is 15.6 Å². The van der Waals surface area contributed by atoms with E-state index in [0.29, 0.717) is 39.0 Å². The summed E-state index contributed by atoms with van der Waals surface area (Å²) in [5.74, 6) is 0. The molecule has 0 aliphatic carbocycles. The van der Waals surface area contributed by atoms with Gasteiger partial charge in [-0.1, -0.05) is 6.92 Å². The van der Waals surface area contributed by atoms with E-state index in [-0.39, 0.29) is 5.25 Å². The highest BCUT2D eigenvalue weighted by molar-refractivity contribution is 7.89. The molecular weight excluding hydrogens is 240 g/mol. The molecule has 1 aliphatic rings. The second kappa shape index (κ2) is 5.65. The topological polar surface area (TPSA) is 72.6 Å². The maximum absolute atomic E-state index is 12.5. The second-order valence-corrected chi connectivity index (χ2v) is 7.12. The lowest BCUT2D eigenvalue weighted by Gasteiger charge is -2.39. The van der Waals surface area contributed by atoms with Gasteiger partial charge in [0.15, 0.2) is 0 Å². The number of ether oxygens (including phenoxy) is 1. The van der Waals surface area contributed by atoms with Gasteiger partial charge >= 0.3 is 0 Å². The maximum Gasteiger partial charge on any atom is 0.217 e. The van der Waals surface area contributed by atoms with E-state index in [0.717, 1.165) is 0 Å². The quantitative estimate of drug-likeness (QED) is 0.787. The van der Waals surface area contributed by atoms with E-state index in [9.17, 15) is 8.42 Å². The Kier molecular flexibility index (Phi) is 4.95. The van der Waals surface area contributed by atoms with Crippen LogP contribution in [-0.2, 0) is 14.8 Å². The van der Waals surface area contributed by atoms with Gasteiger partial charge in [0.05, 0.1) is 5.25 Å². The molecule has 17 heavy (non-hydrogen) atoms. The van der Waals surface area contributed by atoms with Crippen molar-refractivity contribution in [2.75, 3.05) is 26.8 Å². The molecule has 1 aliphatic heterocycles. The molecule has 1 fully saturated rings. The molecule has 1 rings (SSSR count). The summed E-state index contributed by atoms with van der Waals surface area (Å²) in [6.07, 6.45) is 1.87. The lowest BCUT2D eigenvalue weighted by Crippen LogP contribution is -2.54. The molecule has 0 radical (unpaired) electrons. The maximum atomic E-state index is 12.5. The first-order valence-corrected chi connectivity index (χ1v) is 7.64. The molecule has 5 nitrogen and oxygen atoms in total. The predicted molar refractivity (Wildman–Crippen MR) is 68.3 cm³/mol. The van der Waals surface area contributed by atoms with Gasteiger partial charge in [0.25, 0.3) is 0 Å². The average molecular weight is 264 g/mol.